The summed E-state index contributed by atoms with van der Waals surface area (Å²) >= 11 is 0. The third-order valence-electron chi connectivity index (χ3n) is 11.9. The number of aliphatic hydroxyl groups excluding tert-OH is 2. The number of amides is 10. The maximum absolute atomic E-state index is 13.8. The molecule has 68 heavy (non-hydrogen) atoms. The summed E-state index contributed by atoms with van der Waals surface area (Å²) in [6.45, 7) is 20.6. The molecule has 0 rings (SSSR count). The van der Waals surface area contributed by atoms with Gasteiger partial charge in [-0.2, -0.15) is 0 Å². The fourth-order valence-electron chi connectivity index (χ4n) is 6.38. The molecule has 0 aromatic heterocycles. The van der Waals surface area contributed by atoms with Crippen LogP contribution in [0.5, 0.6) is 0 Å². The Bertz CT molecular complexity index is 1880. The molecule has 0 saturated carbocycles. The quantitative estimate of drug-likeness (QED) is 0.0419. The van der Waals surface area contributed by atoms with Crippen molar-refractivity contribution in [1.29, 1.82) is 0 Å². The Labute approximate surface area is 398 Å². The molecule has 0 fully saturated rings. The molecule has 24 heteroatoms. The molecule has 13 unspecified atom stereocenters. The Hall–Kier alpha value is -6.17. The summed E-state index contributed by atoms with van der Waals surface area (Å²) in [4.78, 5) is 147. The van der Waals surface area contributed by atoms with Gasteiger partial charge in [0.15, 0.2) is 6.04 Å². The molecule has 13 atom stereocenters. The van der Waals surface area contributed by atoms with Crippen LogP contribution in [0.15, 0.2) is 12.2 Å². The Morgan fingerprint density at radius 1 is 0.485 bits per heavy atom. The molecule has 24 nitrogen and oxygen atoms in total. The third-order valence-corrected chi connectivity index (χ3v) is 11.9. The first kappa shape index (κ1) is 61.8. The van der Waals surface area contributed by atoms with Gasteiger partial charge >= 0.3 is 5.97 Å². The van der Waals surface area contributed by atoms with Gasteiger partial charge in [0, 0.05) is 35.2 Å². The van der Waals surface area contributed by atoms with E-state index in [1.807, 2.05) is 0 Å². The van der Waals surface area contributed by atoms with Crippen molar-refractivity contribution in [2.75, 3.05) is 35.2 Å². The number of carboxylic acids is 1. The van der Waals surface area contributed by atoms with Crippen molar-refractivity contribution in [3.8, 4) is 0 Å². The van der Waals surface area contributed by atoms with Crippen molar-refractivity contribution in [1.82, 2.24) is 51.1 Å². The second kappa shape index (κ2) is 27.6. The van der Waals surface area contributed by atoms with E-state index < -0.39 is 144 Å². The first-order valence-electron chi connectivity index (χ1n) is 22.0. The highest BCUT2D eigenvalue weighted by Gasteiger charge is 2.41. The number of hydrogen-bond donors (Lipinski definition) is 8. The molecule has 0 aliphatic heterocycles. The van der Waals surface area contributed by atoms with Crippen LogP contribution in [0.3, 0.4) is 0 Å². The number of nitrogens with zero attached hydrogens (tertiary/aromatic N) is 5. The topological polar surface area (TPSA) is 325 Å². The molecule has 0 aliphatic carbocycles. The predicted molar refractivity (Wildman–Crippen MR) is 246 cm³/mol. The lowest BCUT2D eigenvalue weighted by atomic mass is 9.92. The van der Waals surface area contributed by atoms with Gasteiger partial charge in [-0.15, -0.1) is 0 Å². The van der Waals surface area contributed by atoms with Gasteiger partial charge in [0.25, 0.3) is 0 Å². The molecule has 0 saturated heterocycles. The van der Waals surface area contributed by atoms with Crippen molar-refractivity contribution in [2.45, 2.75) is 155 Å². The lowest BCUT2D eigenvalue weighted by molar-refractivity contribution is -0.153. The van der Waals surface area contributed by atoms with E-state index in [4.69, 9.17) is 6.92 Å². The summed E-state index contributed by atoms with van der Waals surface area (Å²) in [6, 6.07) is -12.9. The molecule has 0 heterocycles. The standard InChI is InChI=1S/C44H74N10O14/c1-18-19-20-21(2)34(57)33(39(62)49-32(30(11)55)44(67)68)54(17)43(66)29(10)53(16)42(65)25(6)48-38(61)28(9)52(15)40(63)23(4)46-35(58)22(3)45-37(60)27(8)51(14)41(64)24(5)47-36(59)26(7)50(13)31(12)56/h12,18-19,21-30,32-34,55,57H,20H2,1-11,13-17H3,(H,45,60)(H,46,58)(H,47,59)(H,48,61)(H,49,62)(H,67,68)/b19-18+. The Balaban J connectivity index is 5.70. The van der Waals surface area contributed by atoms with Crippen LogP contribution in [0, 0.1) is 12.8 Å². The Morgan fingerprint density at radius 3 is 1.19 bits per heavy atom. The molecule has 2 radical (unpaired) electrons. The molecule has 10 amide bonds. The fraction of sp³-hybridized carbons (Fsp3) is 0.682. The van der Waals surface area contributed by atoms with E-state index in [1.54, 1.807) is 26.0 Å². The summed E-state index contributed by atoms with van der Waals surface area (Å²) in [7, 11) is 6.37. The predicted octanol–water partition coefficient (Wildman–Crippen LogP) is -3.16. The van der Waals surface area contributed by atoms with Crippen molar-refractivity contribution < 1.29 is 68.1 Å². The number of allylic oxidation sites excluding steroid dienone is 2. The molecule has 0 bridgehead atoms. The zero-order valence-corrected chi connectivity index (χ0v) is 42.0. The van der Waals surface area contributed by atoms with Crippen LogP contribution in [0.4, 0.5) is 0 Å². The first-order valence-corrected chi connectivity index (χ1v) is 22.0. The lowest BCUT2D eigenvalue weighted by Gasteiger charge is -2.37. The summed E-state index contributed by atoms with van der Waals surface area (Å²) < 4.78 is 0. The molecular weight excluding hydrogens is 893 g/mol. The lowest BCUT2D eigenvalue weighted by Crippen LogP contribution is -2.62. The number of hydrogen-bond acceptors (Lipinski definition) is 13. The van der Waals surface area contributed by atoms with Crippen molar-refractivity contribution in [3.63, 3.8) is 0 Å². The minimum atomic E-state index is -1.77. The second-order valence-electron chi connectivity index (χ2n) is 17.2. The molecular formula is C44H74N10O14. The van der Waals surface area contributed by atoms with Gasteiger partial charge in [0.2, 0.25) is 59.1 Å². The molecule has 0 aromatic carbocycles. The maximum Gasteiger partial charge on any atom is 0.328 e. The van der Waals surface area contributed by atoms with E-state index in [9.17, 15) is 68.1 Å². The number of likely N-dealkylation sites (N-methyl/N-ethyl adjacent to an activating group) is 5. The monoisotopic (exact) mass is 967 g/mol. The summed E-state index contributed by atoms with van der Waals surface area (Å²) in [6.07, 6.45) is 0.682. The molecule has 0 aliphatic rings. The zero-order valence-electron chi connectivity index (χ0n) is 42.0. The van der Waals surface area contributed by atoms with E-state index in [-0.39, 0.29) is 6.42 Å². The van der Waals surface area contributed by atoms with Gasteiger partial charge in [-0.1, -0.05) is 19.1 Å². The van der Waals surface area contributed by atoms with E-state index in [1.165, 1.54) is 90.6 Å². The van der Waals surface area contributed by atoms with Gasteiger partial charge in [-0.05, 0) is 81.6 Å². The zero-order chi connectivity index (χ0) is 53.4. The van der Waals surface area contributed by atoms with Crippen LogP contribution in [-0.4, -0.2) is 213 Å². The SMILES string of the molecule is [CH]C(=O)N(C)C(C)C(=O)NC(C)C(=O)N(C)C(C)C(=O)NC(C)C(=O)NC(C)C(=O)N(C)C(C)C(=O)NC(C)C(=O)N(C)C(C)C(=O)N(C)C(C(=O)NC(C(=O)O)C(C)O)C(O)C(C)C/C=C/C. The Kier molecular flexibility index (Phi) is 25.1. The van der Waals surface area contributed by atoms with Crippen LogP contribution in [0.1, 0.15) is 82.6 Å². The summed E-state index contributed by atoms with van der Waals surface area (Å²) in [5.41, 5.74) is 0. The normalized spacial score (nSPS) is 17.0. The van der Waals surface area contributed by atoms with Crippen molar-refractivity contribution in [2.24, 2.45) is 5.92 Å². The smallest absolute Gasteiger partial charge is 0.328 e. The third kappa shape index (κ3) is 17.2. The molecule has 0 aromatic rings. The van der Waals surface area contributed by atoms with Gasteiger partial charge in [0.1, 0.15) is 54.4 Å². The Morgan fingerprint density at radius 2 is 0.838 bits per heavy atom. The number of nitrogens with one attached hydrogen (secondary N) is 5. The van der Waals surface area contributed by atoms with Gasteiger partial charge in [-0.25, -0.2) is 4.79 Å². The van der Waals surface area contributed by atoms with Crippen LogP contribution >= 0.6 is 0 Å². The minimum absolute atomic E-state index is 0.288. The highest BCUT2D eigenvalue weighted by atomic mass is 16.4. The highest BCUT2D eigenvalue weighted by molar-refractivity contribution is 5.98. The number of carbonyl (C=O) groups is 11. The largest absolute Gasteiger partial charge is 0.480 e. The second-order valence-corrected chi connectivity index (χ2v) is 17.2. The van der Waals surface area contributed by atoms with E-state index >= 15 is 0 Å². The molecule has 0 spiro atoms. The molecule has 384 valence electrons. The minimum Gasteiger partial charge on any atom is -0.480 e. The average molecular weight is 967 g/mol. The van der Waals surface area contributed by atoms with Gasteiger partial charge in [-0.3, -0.25) is 47.9 Å². The van der Waals surface area contributed by atoms with E-state index in [2.05, 4.69) is 26.6 Å². The van der Waals surface area contributed by atoms with Crippen LogP contribution < -0.4 is 26.6 Å². The van der Waals surface area contributed by atoms with E-state index in [0.717, 1.165) is 31.4 Å². The number of carboxylic acid groups (broad SMARTS) is 1. The number of aliphatic carboxylic acids is 1. The summed E-state index contributed by atoms with van der Waals surface area (Å²) in [5.74, 6) is -10.1. The molecule has 8 N–H and O–H groups in total. The van der Waals surface area contributed by atoms with Crippen LogP contribution in [0.25, 0.3) is 0 Å². The van der Waals surface area contributed by atoms with Crippen molar-refractivity contribution >= 4 is 65.0 Å². The summed E-state index contributed by atoms with van der Waals surface area (Å²) in [5, 5.41) is 42.8. The van der Waals surface area contributed by atoms with Crippen LogP contribution in [0.2, 0.25) is 0 Å². The van der Waals surface area contributed by atoms with Crippen molar-refractivity contribution in [3.05, 3.63) is 19.1 Å². The van der Waals surface area contributed by atoms with E-state index in [0.29, 0.717) is 0 Å². The number of aliphatic hydroxyl groups is 2. The fourth-order valence-corrected chi connectivity index (χ4v) is 6.38. The number of rotatable bonds is 25. The van der Waals surface area contributed by atoms with Gasteiger partial charge < -0.3 is 66.4 Å². The van der Waals surface area contributed by atoms with Crippen LogP contribution in [-0.2, 0) is 52.7 Å². The highest BCUT2D eigenvalue weighted by Crippen LogP contribution is 2.19. The first-order chi connectivity index (χ1) is 31.2. The van der Waals surface area contributed by atoms with Gasteiger partial charge in [0.05, 0.1) is 19.1 Å². The average Bonchev–Trinajstić information content (AvgIpc) is 3.28. The number of carbonyl (C=O) groups excluding carboxylic acids is 10. The maximum atomic E-state index is 13.8.